The zero-order valence-electron chi connectivity index (χ0n) is 26.1. The molecule has 2 amide bonds. The van der Waals surface area contributed by atoms with Crippen LogP contribution in [0.15, 0.2) is 60.6 Å². The number of halogens is 1. The number of aryl methyl sites for hydroxylation is 1. The Morgan fingerprint density at radius 1 is 0.978 bits per heavy atom. The van der Waals surface area contributed by atoms with Crippen LogP contribution in [0.2, 0.25) is 5.02 Å². The van der Waals surface area contributed by atoms with Crippen molar-refractivity contribution in [1.82, 2.24) is 20.2 Å². The molecule has 0 spiro atoms. The summed E-state index contributed by atoms with van der Waals surface area (Å²) in [5.74, 6) is 2.73. The fourth-order valence-corrected chi connectivity index (χ4v) is 5.33. The summed E-state index contributed by atoms with van der Waals surface area (Å²) in [6.07, 6.45) is 7.26. The Bertz CT molecular complexity index is 1540. The smallest absolute Gasteiger partial charge is 0.321 e. The molecule has 2 aliphatic rings. The molecule has 1 aliphatic carbocycles. The molecule has 240 valence electrons. The maximum Gasteiger partial charge on any atom is 0.321 e. The lowest BCUT2D eigenvalue weighted by Gasteiger charge is -2.36. The fourth-order valence-electron chi connectivity index (χ4n) is 5.16. The van der Waals surface area contributed by atoms with E-state index >= 15 is 0 Å². The van der Waals surface area contributed by atoms with Crippen LogP contribution in [0, 0.1) is 12.8 Å². The lowest BCUT2D eigenvalue weighted by molar-refractivity contribution is 0.132. The number of benzene rings is 2. The highest BCUT2D eigenvalue weighted by atomic mass is 35.5. The molecule has 11 nitrogen and oxygen atoms in total. The standard InChI is InChI=1S/C33H40ClN5O6/c1-22-5-7-25(18-27(22)34)45-29-8-6-24(17-23(29)2)37-33(40)39-11-9-38(10-12-39)32-26-19-30(43-15-13-41-3)31(44-16-14-42-4)20-28(26)35-21-36-32/h5-8,17-21,23,29H,9-16H2,1-4H3,(H,37,40). The van der Waals surface area contributed by atoms with Crippen molar-refractivity contribution < 1.29 is 28.5 Å². The molecular weight excluding hydrogens is 598 g/mol. The van der Waals surface area contributed by atoms with Gasteiger partial charge in [0, 0.05) is 68.5 Å². The Morgan fingerprint density at radius 2 is 1.69 bits per heavy atom. The van der Waals surface area contributed by atoms with E-state index in [0.717, 1.165) is 28.0 Å². The number of hydrogen-bond donors (Lipinski definition) is 1. The van der Waals surface area contributed by atoms with E-state index < -0.39 is 0 Å². The van der Waals surface area contributed by atoms with Crippen molar-refractivity contribution in [2.24, 2.45) is 5.92 Å². The first-order valence-electron chi connectivity index (χ1n) is 15.0. The summed E-state index contributed by atoms with van der Waals surface area (Å²) in [7, 11) is 3.26. The minimum absolute atomic E-state index is 0.0579. The number of amides is 2. The predicted octanol–water partition coefficient (Wildman–Crippen LogP) is 5.01. The van der Waals surface area contributed by atoms with Crippen molar-refractivity contribution in [2.45, 2.75) is 20.0 Å². The van der Waals surface area contributed by atoms with Gasteiger partial charge >= 0.3 is 6.03 Å². The van der Waals surface area contributed by atoms with E-state index in [4.69, 9.17) is 35.3 Å². The molecule has 1 aliphatic heterocycles. The molecule has 2 atom stereocenters. The third-order valence-corrected chi connectivity index (χ3v) is 8.14. The summed E-state index contributed by atoms with van der Waals surface area (Å²) in [5, 5.41) is 4.57. The monoisotopic (exact) mass is 637 g/mol. The van der Waals surface area contributed by atoms with Crippen molar-refractivity contribution in [3.8, 4) is 17.2 Å². The van der Waals surface area contributed by atoms with Crippen molar-refractivity contribution in [3.63, 3.8) is 0 Å². The van der Waals surface area contributed by atoms with Crippen LogP contribution in [-0.4, -0.2) is 93.8 Å². The molecule has 45 heavy (non-hydrogen) atoms. The molecule has 0 saturated carbocycles. The van der Waals surface area contributed by atoms with Crippen LogP contribution in [0.1, 0.15) is 12.5 Å². The zero-order valence-corrected chi connectivity index (χ0v) is 26.9. The highest BCUT2D eigenvalue weighted by molar-refractivity contribution is 6.31. The first kappa shape index (κ1) is 32.3. The second-order valence-corrected chi connectivity index (χ2v) is 11.3. The molecule has 1 saturated heterocycles. The first-order valence-corrected chi connectivity index (χ1v) is 15.4. The number of hydrogen-bond acceptors (Lipinski definition) is 9. The van der Waals surface area contributed by atoms with Crippen molar-refractivity contribution in [1.29, 1.82) is 0 Å². The number of allylic oxidation sites excluding steroid dienone is 1. The highest BCUT2D eigenvalue weighted by Crippen LogP contribution is 2.35. The summed E-state index contributed by atoms with van der Waals surface area (Å²) >= 11 is 6.26. The minimum Gasteiger partial charge on any atom is -0.487 e. The number of fused-ring (bicyclic) bond motifs is 1. The van der Waals surface area contributed by atoms with Gasteiger partial charge in [0.05, 0.1) is 18.7 Å². The number of nitrogens with zero attached hydrogens (tertiary/aromatic N) is 4. The van der Waals surface area contributed by atoms with E-state index in [0.29, 0.717) is 74.9 Å². The van der Waals surface area contributed by atoms with Gasteiger partial charge in [0.25, 0.3) is 0 Å². The summed E-state index contributed by atoms with van der Waals surface area (Å²) in [6, 6.07) is 9.32. The number of methoxy groups -OCH3 is 2. The van der Waals surface area contributed by atoms with Crippen LogP contribution in [0.25, 0.3) is 10.9 Å². The SMILES string of the molecule is COCCOc1cc2ncnc(N3CCN(C(=O)NC4=CC(C)C(Oc5ccc(C)c(Cl)c5)C=C4)CC3)c2cc1OCCOC. The third kappa shape index (κ3) is 8.16. The molecule has 3 aromatic rings. The molecule has 12 heteroatoms. The maximum absolute atomic E-state index is 13.2. The van der Waals surface area contributed by atoms with Crippen molar-refractivity contribution in [3.05, 3.63) is 71.2 Å². The van der Waals surface area contributed by atoms with E-state index in [1.54, 1.807) is 20.5 Å². The molecule has 2 aromatic carbocycles. The van der Waals surface area contributed by atoms with Gasteiger partial charge in [-0.3, -0.25) is 0 Å². The molecule has 0 radical (unpaired) electrons. The van der Waals surface area contributed by atoms with Crippen molar-refractivity contribution in [2.75, 3.05) is 71.7 Å². The van der Waals surface area contributed by atoms with Gasteiger partial charge in [0.1, 0.15) is 37.2 Å². The summed E-state index contributed by atoms with van der Waals surface area (Å²) in [4.78, 5) is 26.3. The van der Waals surface area contributed by atoms with E-state index in [2.05, 4.69) is 27.1 Å². The van der Waals surface area contributed by atoms with E-state index in [-0.39, 0.29) is 18.1 Å². The van der Waals surface area contributed by atoms with Crippen LogP contribution in [-0.2, 0) is 9.47 Å². The number of carbonyl (C=O) groups excluding carboxylic acids is 1. The molecule has 2 unspecified atom stereocenters. The second kappa shape index (κ2) is 15.3. The van der Waals surface area contributed by atoms with Gasteiger partial charge in [0.15, 0.2) is 11.5 Å². The second-order valence-electron chi connectivity index (χ2n) is 10.9. The van der Waals surface area contributed by atoms with Crippen LogP contribution >= 0.6 is 11.6 Å². The van der Waals surface area contributed by atoms with E-state index in [1.165, 1.54) is 0 Å². The topological polar surface area (TPSA) is 108 Å². The summed E-state index contributed by atoms with van der Waals surface area (Å²) < 4.78 is 28.3. The number of ether oxygens (including phenoxy) is 5. The largest absolute Gasteiger partial charge is 0.487 e. The van der Waals surface area contributed by atoms with Crippen molar-refractivity contribution >= 4 is 34.4 Å². The molecule has 2 heterocycles. The van der Waals surface area contributed by atoms with E-state index in [9.17, 15) is 4.79 Å². The molecule has 0 bridgehead atoms. The summed E-state index contributed by atoms with van der Waals surface area (Å²) in [5.41, 5.74) is 2.50. The van der Waals surface area contributed by atoms with Crippen LogP contribution in [0.4, 0.5) is 10.6 Å². The van der Waals surface area contributed by atoms with E-state index in [1.807, 2.05) is 60.4 Å². The average Bonchev–Trinajstić information content (AvgIpc) is 3.04. The Morgan fingerprint density at radius 3 is 2.36 bits per heavy atom. The minimum atomic E-state index is -0.158. The predicted molar refractivity (Wildman–Crippen MR) is 174 cm³/mol. The zero-order chi connectivity index (χ0) is 31.8. The number of anilines is 1. The van der Waals surface area contributed by atoms with Gasteiger partial charge in [-0.2, -0.15) is 0 Å². The molecule has 5 rings (SSSR count). The Labute approximate surface area is 268 Å². The number of aromatic nitrogens is 2. The fraction of sp³-hybridized carbons (Fsp3) is 0.424. The number of carbonyl (C=O) groups is 1. The lowest BCUT2D eigenvalue weighted by Crippen LogP contribution is -2.52. The molecular formula is C33H40ClN5O6. The Balaban J connectivity index is 1.20. The summed E-state index contributed by atoms with van der Waals surface area (Å²) in [6.45, 7) is 7.99. The normalized spacial score (nSPS) is 18.1. The van der Waals surface area contributed by atoms with Gasteiger partial charge in [-0.1, -0.05) is 30.7 Å². The maximum atomic E-state index is 13.2. The Kier molecular flexibility index (Phi) is 11.0. The molecule has 1 fully saturated rings. The average molecular weight is 638 g/mol. The van der Waals surface area contributed by atoms with Crippen LogP contribution in [0.3, 0.4) is 0 Å². The number of nitrogens with one attached hydrogen (secondary N) is 1. The van der Waals surface area contributed by atoms with Gasteiger partial charge in [-0.25, -0.2) is 14.8 Å². The third-order valence-electron chi connectivity index (χ3n) is 7.73. The van der Waals surface area contributed by atoms with Gasteiger partial charge in [-0.05, 0) is 42.8 Å². The van der Waals surface area contributed by atoms with Gasteiger partial charge in [-0.15, -0.1) is 0 Å². The van der Waals surface area contributed by atoms with Crippen LogP contribution < -0.4 is 24.4 Å². The van der Waals surface area contributed by atoms with Crippen LogP contribution in [0.5, 0.6) is 17.2 Å². The molecule has 1 N–H and O–H groups in total. The van der Waals surface area contributed by atoms with Gasteiger partial charge in [0.2, 0.25) is 0 Å². The first-order chi connectivity index (χ1) is 21.9. The number of urea groups is 1. The highest BCUT2D eigenvalue weighted by Gasteiger charge is 2.26. The Hall–Kier alpha value is -4.06. The quantitative estimate of drug-likeness (QED) is 0.274. The lowest BCUT2D eigenvalue weighted by atomic mass is 9.98. The molecule has 1 aromatic heterocycles. The number of rotatable bonds is 12. The van der Waals surface area contributed by atoms with Gasteiger partial charge < -0.3 is 38.8 Å². The number of piperazine rings is 1.